The summed E-state index contributed by atoms with van der Waals surface area (Å²) in [4.78, 5) is 33.0. The van der Waals surface area contributed by atoms with Crippen LogP contribution in [0.3, 0.4) is 0 Å². The molecule has 1 fully saturated rings. The number of ether oxygens (including phenoxy) is 1. The summed E-state index contributed by atoms with van der Waals surface area (Å²) in [5.74, 6) is -4.20. The van der Waals surface area contributed by atoms with Crippen molar-refractivity contribution in [2.75, 3.05) is 32.1 Å². The number of methoxy groups -OCH3 is 1. The Bertz CT molecular complexity index is 884. The van der Waals surface area contributed by atoms with Gasteiger partial charge >= 0.3 is 17.9 Å². The zero-order valence-electron chi connectivity index (χ0n) is 17.8. The molecule has 0 unspecified atom stereocenters. The number of hydrogen-bond donors (Lipinski definition) is 3. The average Bonchev–Trinajstić information content (AvgIpc) is 2.80. The molecule has 0 radical (unpaired) electrons. The lowest BCUT2D eigenvalue weighted by Gasteiger charge is -2.40. The number of esters is 1. The third-order valence-corrected chi connectivity index (χ3v) is 5.26. The maximum absolute atomic E-state index is 13.1. The van der Waals surface area contributed by atoms with Crippen molar-refractivity contribution in [2.24, 2.45) is 0 Å². The standard InChI is InChI=1S/C21H25FN2O2.C2H2O4/c1-26-20(25)21(23-19-9-7-18(22)8-10-19)12-15-24(16-13-21)14-11-17-5-3-2-4-6-17;3-1(4)2(5)6/h2-10,23H,11-16H2,1H3;(H,3,4)(H,5,6). The zero-order valence-corrected chi connectivity index (χ0v) is 17.8. The minimum atomic E-state index is -1.82. The molecule has 3 rings (SSSR count). The van der Waals surface area contributed by atoms with E-state index < -0.39 is 17.5 Å². The number of anilines is 1. The molecule has 2 aromatic carbocycles. The van der Waals surface area contributed by atoms with E-state index in [1.807, 2.05) is 6.07 Å². The van der Waals surface area contributed by atoms with E-state index in [1.165, 1.54) is 24.8 Å². The van der Waals surface area contributed by atoms with Crippen molar-refractivity contribution in [3.8, 4) is 0 Å². The maximum atomic E-state index is 13.1. The van der Waals surface area contributed by atoms with Crippen molar-refractivity contribution < 1.29 is 33.7 Å². The number of carboxylic acids is 2. The van der Waals surface area contributed by atoms with Crippen molar-refractivity contribution in [1.82, 2.24) is 4.90 Å². The fourth-order valence-corrected chi connectivity index (χ4v) is 3.48. The number of carbonyl (C=O) groups excluding carboxylic acids is 1. The molecular formula is C23H27FN2O6. The first kappa shape index (κ1) is 24.8. The molecule has 2 aromatic rings. The summed E-state index contributed by atoms with van der Waals surface area (Å²) >= 11 is 0. The van der Waals surface area contributed by atoms with Crippen molar-refractivity contribution in [1.29, 1.82) is 0 Å². The lowest BCUT2D eigenvalue weighted by Crippen LogP contribution is -2.55. The van der Waals surface area contributed by atoms with Crippen LogP contribution in [0.2, 0.25) is 0 Å². The summed E-state index contributed by atoms with van der Waals surface area (Å²) in [6.45, 7) is 2.60. The van der Waals surface area contributed by atoms with Gasteiger partial charge in [0.15, 0.2) is 0 Å². The summed E-state index contributed by atoms with van der Waals surface area (Å²) < 4.78 is 18.2. The largest absolute Gasteiger partial charge is 0.473 e. The predicted octanol–water partition coefficient (Wildman–Crippen LogP) is 2.64. The van der Waals surface area contributed by atoms with E-state index in [1.54, 1.807) is 12.1 Å². The molecule has 1 aliphatic rings. The second-order valence-electron chi connectivity index (χ2n) is 7.39. The van der Waals surface area contributed by atoms with Gasteiger partial charge in [0.25, 0.3) is 0 Å². The highest BCUT2D eigenvalue weighted by molar-refractivity contribution is 6.27. The van der Waals surface area contributed by atoms with Crippen LogP contribution >= 0.6 is 0 Å². The van der Waals surface area contributed by atoms with Gasteiger partial charge in [-0.3, -0.25) is 0 Å². The molecule has 8 nitrogen and oxygen atoms in total. The fourth-order valence-electron chi connectivity index (χ4n) is 3.48. The Morgan fingerprint density at radius 1 is 1.00 bits per heavy atom. The molecule has 0 atom stereocenters. The number of benzene rings is 2. The molecule has 0 amide bonds. The van der Waals surface area contributed by atoms with Crippen LogP contribution in [0.1, 0.15) is 18.4 Å². The summed E-state index contributed by atoms with van der Waals surface area (Å²) in [7, 11) is 1.41. The highest BCUT2D eigenvalue weighted by Gasteiger charge is 2.42. The third kappa shape index (κ3) is 7.35. The van der Waals surface area contributed by atoms with E-state index in [2.05, 4.69) is 34.5 Å². The van der Waals surface area contributed by atoms with Crippen LogP contribution in [0.15, 0.2) is 54.6 Å². The molecule has 0 bridgehead atoms. The highest BCUT2D eigenvalue weighted by Crippen LogP contribution is 2.29. The zero-order chi connectivity index (χ0) is 23.6. The molecule has 0 spiro atoms. The Morgan fingerprint density at radius 2 is 1.56 bits per heavy atom. The number of hydrogen-bond acceptors (Lipinski definition) is 6. The molecular weight excluding hydrogens is 419 g/mol. The van der Waals surface area contributed by atoms with Crippen LogP contribution < -0.4 is 5.32 Å². The van der Waals surface area contributed by atoms with Crippen LogP contribution in [-0.2, 0) is 25.5 Å². The first-order chi connectivity index (χ1) is 15.3. The molecule has 0 aromatic heterocycles. The van der Waals surface area contributed by atoms with E-state index in [0.717, 1.165) is 31.7 Å². The molecule has 9 heteroatoms. The number of carboxylic acid groups (broad SMARTS) is 2. The van der Waals surface area contributed by atoms with Gasteiger partial charge in [-0.15, -0.1) is 0 Å². The molecule has 172 valence electrons. The Morgan fingerprint density at radius 3 is 2.06 bits per heavy atom. The molecule has 1 aliphatic heterocycles. The number of halogens is 1. The van der Waals surface area contributed by atoms with Crippen LogP contribution in [0, 0.1) is 5.82 Å². The summed E-state index contributed by atoms with van der Waals surface area (Å²) in [5, 5.41) is 18.1. The van der Waals surface area contributed by atoms with Crippen LogP contribution in [-0.4, -0.2) is 65.3 Å². The quantitative estimate of drug-likeness (QED) is 0.458. The number of nitrogens with one attached hydrogen (secondary N) is 1. The minimum Gasteiger partial charge on any atom is -0.473 e. The first-order valence-electron chi connectivity index (χ1n) is 10.1. The maximum Gasteiger partial charge on any atom is 0.414 e. The van der Waals surface area contributed by atoms with E-state index in [9.17, 15) is 9.18 Å². The molecule has 1 heterocycles. The third-order valence-electron chi connectivity index (χ3n) is 5.26. The summed E-state index contributed by atoms with van der Waals surface area (Å²) in [5.41, 5.74) is 1.30. The van der Waals surface area contributed by atoms with Crippen LogP contribution in [0.25, 0.3) is 0 Å². The second-order valence-corrected chi connectivity index (χ2v) is 7.39. The van der Waals surface area contributed by atoms with E-state index in [-0.39, 0.29) is 11.8 Å². The number of likely N-dealkylation sites (tertiary alicyclic amines) is 1. The number of piperidine rings is 1. The Balaban J connectivity index is 0.000000534. The number of aliphatic carboxylic acids is 2. The first-order valence-corrected chi connectivity index (χ1v) is 10.1. The topological polar surface area (TPSA) is 116 Å². The monoisotopic (exact) mass is 446 g/mol. The normalized spacial score (nSPS) is 15.1. The lowest BCUT2D eigenvalue weighted by molar-refractivity contribution is -0.159. The number of nitrogens with zero attached hydrogens (tertiary/aromatic N) is 1. The van der Waals surface area contributed by atoms with Gasteiger partial charge in [-0.25, -0.2) is 18.8 Å². The molecule has 1 saturated heterocycles. The van der Waals surface area contributed by atoms with Gasteiger partial charge in [-0.2, -0.15) is 0 Å². The predicted molar refractivity (Wildman–Crippen MR) is 116 cm³/mol. The molecule has 3 N–H and O–H groups in total. The van der Waals surface area contributed by atoms with Crippen LogP contribution in [0.4, 0.5) is 10.1 Å². The van der Waals surface area contributed by atoms with Crippen molar-refractivity contribution in [3.05, 3.63) is 66.0 Å². The van der Waals surface area contributed by atoms with Gasteiger partial charge < -0.3 is 25.2 Å². The smallest absolute Gasteiger partial charge is 0.414 e. The second kappa shape index (κ2) is 11.8. The van der Waals surface area contributed by atoms with Gasteiger partial charge in [0.05, 0.1) is 7.11 Å². The van der Waals surface area contributed by atoms with Gasteiger partial charge in [0, 0.05) is 25.3 Å². The van der Waals surface area contributed by atoms with E-state index in [4.69, 9.17) is 24.5 Å². The number of carbonyl (C=O) groups is 3. The molecule has 0 saturated carbocycles. The Labute approximate surface area is 185 Å². The fraction of sp³-hybridized carbons (Fsp3) is 0.348. The molecule has 0 aliphatic carbocycles. The van der Waals surface area contributed by atoms with Crippen molar-refractivity contribution in [3.63, 3.8) is 0 Å². The van der Waals surface area contributed by atoms with Crippen LogP contribution in [0.5, 0.6) is 0 Å². The lowest BCUT2D eigenvalue weighted by atomic mass is 9.86. The number of rotatable bonds is 6. The van der Waals surface area contributed by atoms with Gasteiger partial charge in [0.2, 0.25) is 0 Å². The highest BCUT2D eigenvalue weighted by atomic mass is 19.1. The Kier molecular flexibility index (Phi) is 9.15. The minimum absolute atomic E-state index is 0.260. The molecule has 32 heavy (non-hydrogen) atoms. The van der Waals surface area contributed by atoms with Gasteiger partial charge in [0.1, 0.15) is 11.4 Å². The van der Waals surface area contributed by atoms with E-state index >= 15 is 0 Å². The Hall–Kier alpha value is -3.46. The van der Waals surface area contributed by atoms with Crippen molar-refractivity contribution in [2.45, 2.75) is 24.8 Å². The van der Waals surface area contributed by atoms with E-state index in [0.29, 0.717) is 12.8 Å². The van der Waals surface area contributed by atoms with Gasteiger partial charge in [-0.05, 0) is 49.1 Å². The summed E-state index contributed by atoms with van der Waals surface area (Å²) in [6.07, 6.45) is 2.31. The average molecular weight is 446 g/mol. The summed E-state index contributed by atoms with van der Waals surface area (Å²) in [6, 6.07) is 16.5. The SMILES string of the molecule is COC(=O)C1(Nc2ccc(F)cc2)CCN(CCc2ccccc2)CC1.O=C(O)C(=O)O. The van der Waals surface area contributed by atoms with Crippen molar-refractivity contribution >= 4 is 23.6 Å². The van der Waals surface area contributed by atoms with Gasteiger partial charge in [-0.1, -0.05) is 30.3 Å².